The average Bonchev–Trinajstić information content (AvgIpc) is 3.43. The zero-order chi connectivity index (χ0) is 23.7. The fraction of sp³-hybridized carbons (Fsp3) is 0.269. The molecule has 0 saturated carbocycles. The minimum absolute atomic E-state index is 0.0518. The largest absolute Gasteiger partial charge is 0.344 e. The highest BCUT2D eigenvalue weighted by Crippen LogP contribution is 2.37. The fourth-order valence-corrected chi connectivity index (χ4v) is 5.85. The second-order valence-corrected chi connectivity index (χ2v) is 9.56. The smallest absolute Gasteiger partial charge is 0.318 e. The van der Waals surface area contributed by atoms with E-state index in [-0.39, 0.29) is 12.6 Å². The van der Waals surface area contributed by atoms with E-state index in [0.29, 0.717) is 18.5 Å². The lowest BCUT2D eigenvalue weighted by atomic mass is 9.87. The zero-order valence-corrected chi connectivity index (χ0v) is 19.7. The summed E-state index contributed by atoms with van der Waals surface area (Å²) in [7, 11) is 0. The van der Waals surface area contributed by atoms with Gasteiger partial charge in [-0.3, -0.25) is 19.9 Å². The third-order valence-corrected chi connectivity index (χ3v) is 7.65. The predicted molar refractivity (Wildman–Crippen MR) is 130 cm³/mol. The number of hydrogen-bond donors (Lipinski definition) is 2. The molecule has 2 atom stereocenters. The molecule has 3 aromatic rings. The van der Waals surface area contributed by atoms with Crippen LogP contribution in [0.25, 0.3) is 0 Å². The number of carbonyl (C=O) groups is 3. The van der Waals surface area contributed by atoms with Gasteiger partial charge in [0.25, 0.3) is 11.8 Å². The van der Waals surface area contributed by atoms with Crippen molar-refractivity contribution in [1.82, 2.24) is 20.7 Å². The highest BCUT2D eigenvalue weighted by atomic mass is 32.1. The number of nitrogens with one attached hydrogen (secondary N) is 2. The molecule has 174 valence electrons. The minimum atomic E-state index is -1.19. The van der Waals surface area contributed by atoms with Gasteiger partial charge in [-0.25, -0.2) is 4.79 Å². The van der Waals surface area contributed by atoms with Crippen LogP contribution in [-0.2, 0) is 21.5 Å². The van der Waals surface area contributed by atoms with Crippen LogP contribution < -0.4 is 10.7 Å². The number of rotatable bonds is 6. The highest BCUT2D eigenvalue weighted by Gasteiger charge is 2.52. The second-order valence-electron chi connectivity index (χ2n) is 8.56. The van der Waals surface area contributed by atoms with E-state index in [1.54, 1.807) is 11.3 Å². The molecule has 1 fully saturated rings. The number of amides is 4. The molecule has 8 heteroatoms. The molecule has 2 aromatic carbocycles. The van der Waals surface area contributed by atoms with Gasteiger partial charge in [0.2, 0.25) is 0 Å². The topological polar surface area (TPSA) is 81.8 Å². The van der Waals surface area contributed by atoms with Crippen LogP contribution in [0.1, 0.15) is 41.0 Å². The van der Waals surface area contributed by atoms with Crippen molar-refractivity contribution < 1.29 is 14.4 Å². The second kappa shape index (κ2) is 9.04. The number of carbonyl (C=O) groups excluding carboxylic acids is 3. The van der Waals surface area contributed by atoms with Gasteiger partial charge in [0.05, 0.1) is 12.6 Å². The third kappa shape index (κ3) is 3.78. The molecule has 1 saturated heterocycles. The van der Waals surface area contributed by atoms with Crippen molar-refractivity contribution in [2.24, 2.45) is 0 Å². The molecular formula is C26H26N4O3S. The number of nitrogens with zero attached hydrogens (tertiary/aromatic N) is 2. The van der Waals surface area contributed by atoms with Gasteiger partial charge in [-0.05, 0) is 41.0 Å². The van der Waals surface area contributed by atoms with Crippen molar-refractivity contribution in [3.63, 3.8) is 0 Å². The van der Waals surface area contributed by atoms with Crippen molar-refractivity contribution in [2.45, 2.75) is 31.3 Å². The Morgan fingerprint density at radius 1 is 1.09 bits per heavy atom. The molecule has 5 rings (SSSR count). The summed E-state index contributed by atoms with van der Waals surface area (Å²) < 4.78 is 0. The molecular weight excluding hydrogens is 448 g/mol. The minimum Gasteiger partial charge on any atom is -0.318 e. The number of imide groups is 1. The van der Waals surface area contributed by atoms with E-state index in [1.165, 1.54) is 10.4 Å². The van der Waals surface area contributed by atoms with E-state index < -0.39 is 23.4 Å². The van der Waals surface area contributed by atoms with Gasteiger partial charge < -0.3 is 5.32 Å². The van der Waals surface area contributed by atoms with E-state index >= 15 is 0 Å². The Morgan fingerprint density at radius 3 is 2.50 bits per heavy atom. The molecule has 2 aliphatic heterocycles. The summed E-state index contributed by atoms with van der Waals surface area (Å²) in [5.41, 5.74) is 4.39. The van der Waals surface area contributed by atoms with E-state index in [1.807, 2.05) is 55.5 Å². The Kier molecular flexibility index (Phi) is 5.93. The molecule has 2 N–H and O–H groups in total. The van der Waals surface area contributed by atoms with Crippen LogP contribution in [0.5, 0.6) is 0 Å². The monoisotopic (exact) mass is 474 g/mol. The Labute approximate surface area is 202 Å². The first-order chi connectivity index (χ1) is 16.5. The number of fused-ring (bicyclic) bond motifs is 1. The summed E-state index contributed by atoms with van der Waals surface area (Å²) in [5.74, 6) is -0.874. The van der Waals surface area contributed by atoms with E-state index in [2.05, 4.69) is 39.2 Å². The van der Waals surface area contributed by atoms with Crippen molar-refractivity contribution in [3.8, 4) is 0 Å². The van der Waals surface area contributed by atoms with Gasteiger partial charge in [0, 0.05) is 11.4 Å². The van der Waals surface area contributed by atoms with Crippen molar-refractivity contribution >= 4 is 29.2 Å². The number of hydrogen-bond acceptors (Lipinski definition) is 5. The first-order valence-electron chi connectivity index (χ1n) is 11.4. The van der Waals surface area contributed by atoms with Crippen molar-refractivity contribution in [2.75, 3.05) is 13.1 Å². The Hall–Kier alpha value is -3.49. The Balaban J connectivity index is 1.35. The number of thiophene rings is 1. The molecule has 0 bridgehead atoms. The SMILES string of the molecule is CCC1(c2ccccc2)NC(=O)N(NC(=O)CN2CCc3sccc3C2c2ccccc2)C1=O. The fourth-order valence-electron chi connectivity index (χ4n) is 4.95. The molecule has 2 aliphatic rings. The summed E-state index contributed by atoms with van der Waals surface area (Å²) in [6.07, 6.45) is 1.23. The summed E-state index contributed by atoms with van der Waals surface area (Å²) in [6.45, 7) is 2.62. The van der Waals surface area contributed by atoms with Crippen LogP contribution in [0.15, 0.2) is 72.1 Å². The Bertz CT molecular complexity index is 1210. The number of benzene rings is 2. The molecule has 0 aliphatic carbocycles. The van der Waals surface area contributed by atoms with Crippen LogP contribution in [0, 0.1) is 0 Å². The van der Waals surface area contributed by atoms with Gasteiger partial charge in [0.1, 0.15) is 5.54 Å². The highest BCUT2D eigenvalue weighted by molar-refractivity contribution is 7.10. The summed E-state index contributed by atoms with van der Waals surface area (Å²) in [5, 5.41) is 5.72. The van der Waals surface area contributed by atoms with Crippen molar-refractivity contribution in [3.05, 3.63) is 93.7 Å². The maximum Gasteiger partial charge on any atom is 0.344 e. The van der Waals surface area contributed by atoms with E-state index in [4.69, 9.17) is 0 Å². The lowest BCUT2D eigenvalue weighted by molar-refractivity contribution is -0.140. The van der Waals surface area contributed by atoms with Gasteiger partial charge >= 0.3 is 6.03 Å². The first kappa shape index (κ1) is 22.3. The van der Waals surface area contributed by atoms with Crippen molar-refractivity contribution in [1.29, 1.82) is 0 Å². The van der Waals surface area contributed by atoms with Gasteiger partial charge in [-0.15, -0.1) is 11.3 Å². The predicted octanol–water partition coefficient (Wildman–Crippen LogP) is 3.58. The maximum absolute atomic E-state index is 13.3. The Morgan fingerprint density at radius 2 is 1.79 bits per heavy atom. The first-order valence-corrected chi connectivity index (χ1v) is 12.3. The normalized spacial score (nSPS) is 22.4. The molecule has 7 nitrogen and oxygen atoms in total. The number of hydrazine groups is 1. The van der Waals surface area contributed by atoms with Gasteiger partial charge in [0.15, 0.2) is 0 Å². The van der Waals surface area contributed by atoms with E-state index in [0.717, 1.165) is 17.0 Å². The standard InChI is InChI=1S/C26H26N4O3S/c1-2-26(19-11-7-4-8-12-19)24(32)30(25(33)27-26)28-22(31)17-29-15-13-21-20(14-16-34-21)23(29)18-9-5-3-6-10-18/h3-12,14,16,23H,2,13,15,17H2,1H3,(H,27,33)(H,28,31). The average molecular weight is 475 g/mol. The quantitative estimate of drug-likeness (QED) is 0.535. The molecule has 2 unspecified atom stereocenters. The molecule has 1 aromatic heterocycles. The third-order valence-electron chi connectivity index (χ3n) is 6.65. The maximum atomic E-state index is 13.3. The summed E-state index contributed by atoms with van der Waals surface area (Å²) >= 11 is 1.74. The van der Waals surface area contributed by atoms with E-state index in [9.17, 15) is 14.4 Å². The molecule has 0 radical (unpaired) electrons. The van der Waals surface area contributed by atoms with Crippen LogP contribution in [0.2, 0.25) is 0 Å². The van der Waals surface area contributed by atoms with Gasteiger partial charge in [-0.2, -0.15) is 5.01 Å². The molecule has 3 heterocycles. The molecule has 34 heavy (non-hydrogen) atoms. The summed E-state index contributed by atoms with van der Waals surface area (Å²) in [6, 6.07) is 20.7. The lowest BCUT2D eigenvalue weighted by Gasteiger charge is -2.36. The summed E-state index contributed by atoms with van der Waals surface area (Å²) in [4.78, 5) is 42.6. The van der Waals surface area contributed by atoms with Gasteiger partial charge in [-0.1, -0.05) is 67.6 Å². The van der Waals surface area contributed by atoms with Crippen LogP contribution in [-0.4, -0.2) is 40.8 Å². The van der Waals surface area contributed by atoms with Crippen LogP contribution in [0.3, 0.4) is 0 Å². The molecule has 4 amide bonds. The van der Waals surface area contributed by atoms with Crippen LogP contribution >= 0.6 is 11.3 Å². The molecule has 0 spiro atoms. The number of urea groups is 1. The lowest BCUT2D eigenvalue weighted by Crippen LogP contribution is -2.52. The van der Waals surface area contributed by atoms with Crippen LogP contribution in [0.4, 0.5) is 4.79 Å². The zero-order valence-electron chi connectivity index (χ0n) is 18.9.